The van der Waals surface area contributed by atoms with Gasteiger partial charge in [0.1, 0.15) is 0 Å². The standard InChI is InChI=1S/C15H31NO2/c1-2-3-4-5-6-9-14(10-7-8-13-16)11-12-15(17)18/h14H,2-13,16H2,1H3,(H,17,18)/p-1. The zero-order valence-corrected chi connectivity index (χ0v) is 12.0. The Morgan fingerprint density at radius 3 is 2.17 bits per heavy atom. The van der Waals surface area contributed by atoms with Gasteiger partial charge in [-0.3, -0.25) is 0 Å². The second-order valence-electron chi connectivity index (χ2n) is 5.26. The van der Waals surface area contributed by atoms with Gasteiger partial charge >= 0.3 is 0 Å². The lowest BCUT2D eigenvalue weighted by molar-refractivity contribution is -0.306. The van der Waals surface area contributed by atoms with E-state index in [4.69, 9.17) is 5.73 Å². The number of hydrogen-bond acceptors (Lipinski definition) is 3. The monoisotopic (exact) mass is 256 g/mol. The molecule has 0 fully saturated rings. The molecule has 108 valence electrons. The lowest BCUT2D eigenvalue weighted by Crippen LogP contribution is -2.22. The van der Waals surface area contributed by atoms with Crippen molar-refractivity contribution < 1.29 is 9.90 Å². The van der Waals surface area contributed by atoms with E-state index in [2.05, 4.69) is 6.92 Å². The van der Waals surface area contributed by atoms with Crippen LogP contribution >= 0.6 is 0 Å². The molecule has 1 unspecified atom stereocenters. The van der Waals surface area contributed by atoms with E-state index in [0.29, 0.717) is 5.92 Å². The molecule has 18 heavy (non-hydrogen) atoms. The Hall–Kier alpha value is -0.570. The van der Waals surface area contributed by atoms with Gasteiger partial charge in [0, 0.05) is 5.97 Å². The molecule has 0 aromatic heterocycles. The van der Waals surface area contributed by atoms with Crippen LogP contribution in [0.15, 0.2) is 0 Å². The number of carbonyl (C=O) groups excluding carboxylic acids is 1. The fraction of sp³-hybridized carbons (Fsp3) is 0.933. The minimum atomic E-state index is -0.912. The number of carbonyl (C=O) groups is 1. The zero-order valence-electron chi connectivity index (χ0n) is 12.0. The van der Waals surface area contributed by atoms with Crippen LogP contribution in [0.3, 0.4) is 0 Å². The summed E-state index contributed by atoms with van der Waals surface area (Å²) in [6.45, 7) is 2.96. The molecule has 0 aliphatic rings. The molecular weight excluding hydrogens is 226 g/mol. The van der Waals surface area contributed by atoms with Crippen molar-refractivity contribution in [1.29, 1.82) is 0 Å². The van der Waals surface area contributed by atoms with Gasteiger partial charge in [0.2, 0.25) is 0 Å². The van der Waals surface area contributed by atoms with Crippen molar-refractivity contribution in [3.8, 4) is 0 Å². The van der Waals surface area contributed by atoms with Crippen LogP contribution in [0.25, 0.3) is 0 Å². The molecular formula is C15H30NO2-. The van der Waals surface area contributed by atoms with Gasteiger partial charge in [-0.25, -0.2) is 0 Å². The minimum Gasteiger partial charge on any atom is -0.550 e. The molecule has 3 nitrogen and oxygen atoms in total. The van der Waals surface area contributed by atoms with Gasteiger partial charge in [-0.1, -0.05) is 58.3 Å². The minimum absolute atomic E-state index is 0.211. The quantitative estimate of drug-likeness (QED) is 0.515. The molecule has 0 aromatic rings. The van der Waals surface area contributed by atoms with E-state index >= 15 is 0 Å². The van der Waals surface area contributed by atoms with Crippen LogP contribution in [0.5, 0.6) is 0 Å². The molecule has 2 N–H and O–H groups in total. The van der Waals surface area contributed by atoms with Crippen molar-refractivity contribution >= 4 is 5.97 Å². The summed E-state index contributed by atoms with van der Waals surface area (Å²) < 4.78 is 0. The van der Waals surface area contributed by atoms with Crippen molar-refractivity contribution in [3.05, 3.63) is 0 Å². The van der Waals surface area contributed by atoms with E-state index in [1.54, 1.807) is 0 Å². The largest absolute Gasteiger partial charge is 0.550 e. The number of carboxylic acid groups (broad SMARTS) is 1. The van der Waals surface area contributed by atoms with Crippen LogP contribution in [0.2, 0.25) is 0 Å². The van der Waals surface area contributed by atoms with Crippen molar-refractivity contribution in [2.45, 2.75) is 77.6 Å². The summed E-state index contributed by atoms with van der Waals surface area (Å²) in [6, 6.07) is 0. The highest BCUT2D eigenvalue weighted by atomic mass is 16.4. The van der Waals surface area contributed by atoms with Crippen molar-refractivity contribution in [3.63, 3.8) is 0 Å². The Morgan fingerprint density at radius 2 is 1.61 bits per heavy atom. The van der Waals surface area contributed by atoms with Crippen molar-refractivity contribution in [2.24, 2.45) is 11.7 Å². The Kier molecular flexibility index (Phi) is 12.5. The van der Waals surface area contributed by atoms with Crippen LogP contribution in [0.4, 0.5) is 0 Å². The summed E-state index contributed by atoms with van der Waals surface area (Å²) in [7, 11) is 0. The molecule has 0 spiro atoms. The number of unbranched alkanes of at least 4 members (excludes halogenated alkanes) is 5. The van der Waals surface area contributed by atoms with Crippen molar-refractivity contribution in [1.82, 2.24) is 0 Å². The molecule has 0 amide bonds. The van der Waals surface area contributed by atoms with Gasteiger partial charge in [-0.2, -0.15) is 0 Å². The molecule has 1 atom stereocenters. The second kappa shape index (κ2) is 12.9. The molecule has 0 saturated heterocycles. The molecule has 0 aromatic carbocycles. The summed E-state index contributed by atoms with van der Waals surface area (Å²) >= 11 is 0. The molecule has 0 radical (unpaired) electrons. The summed E-state index contributed by atoms with van der Waals surface area (Å²) in [6.07, 6.45) is 11.9. The smallest absolute Gasteiger partial charge is 0.0414 e. The lowest BCUT2D eigenvalue weighted by Gasteiger charge is -2.17. The molecule has 0 aliphatic carbocycles. The maximum absolute atomic E-state index is 10.5. The fourth-order valence-corrected chi connectivity index (χ4v) is 2.37. The van der Waals surface area contributed by atoms with Crippen LogP contribution in [0.1, 0.15) is 77.6 Å². The van der Waals surface area contributed by atoms with Gasteiger partial charge in [0.15, 0.2) is 0 Å². The molecule has 0 rings (SSSR count). The summed E-state index contributed by atoms with van der Waals surface area (Å²) in [5, 5.41) is 10.5. The van der Waals surface area contributed by atoms with E-state index in [0.717, 1.165) is 32.2 Å². The average Bonchev–Trinajstić information content (AvgIpc) is 2.35. The normalized spacial score (nSPS) is 12.6. The predicted octanol–water partition coefficient (Wildman–Crippen LogP) is 2.62. The van der Waals surface area contributed by atoms with Crippen LogP contribution < -0.4 is 10.8 Å². The number of nitrogens with two attached hydrogens (primary N) is 1. The first-order valence-electron chi connectivity index (χ1n) is 7.60. The summed E-state index contributed by atoms with van der Waals surface area (Å²) in [4.78, 5) is 10.5. The van der Waals surface area contributed by atoms with Gasteiger partial charge < -0.3 is 15.6 Å². The maximum Gasteiger partial charge on any atom is 0.0414 e. The third kappa shape index (κ3) is 11.9. The highest BCUT2D eigenvalue weighted by Gasteiger charge is 2.08. The number of carboxylic acids is 1. The Bertz CT molecular complexity index is 195. The van der Waals surface area contributed by atoms with E-state index in [1.807, 2.05) is 0 Å². The summed E-state index contributed by atoms with van der Waals surface area (Å²) in [5.74, 6) is -0.360. The van der Waals surface area contributed by atoms with Gasteiger partial charge in [-0.05, 0) is 31.7 Å². The molecule has 3 heteroatoms. The molecule has 0 bridgehead atoms. The maximum atomic E-state index is 10.5. The number of rotatable bonds is 13. The number of aliphatic carboxylic acids is 1. The van der Waals surface area contributed by atoms with Gasteiger partial charge in [-0.15, -0.1) is 0 Å². The Labute approximate surface area is 112 Å². The van der Waals surface area contributed by atoms with Crippen LogP contribution in [-0.4, -0.2) is 12.5 Å². The van der Waals surface area contributed by atoms with Gasteiger partial charge in [0.05, 0.1) is 0 Å². The third-order valence-electron chi connectivity index (χ3n) is 3.54. The lowest BCUT2D eigenvalue weighted by atomic mass is 9.91. The van der Waals surface area contributed by atoms with E-state index < -0.39 is 5.97 Å². The fourth-order valence-electron chi connectivity index (χ4n) is 2.37. The molecule has 0 heterocycles. The second-order valence-corrected chi connectivity index (χ2v) is 5.26. The molecule has 0 saturated carbocycles. The SMILES string of the molecule is CCCCCCCC(CCCCN)CCC(=O)[O-]. The third-order valence-corrected chi connectivity index (χ3v) is 3.54. The Morgan fingerprint density at radius 1 is 1.00 bits per heavy atom. The summed E-state index contributed by atoms with van der Waals surface area (Å²) in [5.41, 5.74) is 5.49. The van der Waals surface area contributed by atoms with E-state index in [-0.39, 0.29) is 6.42 Å². The average molecular weight is 256 g/mol. The first kappa shape index (κ1) is 17.4. The van der Waals surface area contributed by atoms with Crippen LogP contribution in [-0.2, 0) is 4.79 Å². The highest BCUT2D eigenvalue weighted by Crippen LogP contribution is 2.22. The van der Waals surface area contributed by atoms with E-state index in [1.165, 1.54) is 38.5 Å². The topological polar surface area (TPSA) is 66.2 Å². The van der Waals surface area contributed by atoms with Gasteiger partial charge in [0.25, 0.3) is 0 Å². The molecule has 0 aliphatic heterocycles. The number of hydrogen-bond donors (Lipinski definition) is 1. The zero-order chi connectivity index (χ0) is 13.6. The predicted molar refractivity (Wildman–Crippen MR) is 74.0 cm³/mol. The highest BCUT2D eigenvalue weighted by molar-refractivity contribution is 5.64. The first-order valence-corrected chi connectivity index (χ1v) is 7.60. The van der Waals surface area contributed by atoms with E-state index in [9.17, 15) is 9.90 Å². The van der Waals surface area contributed by atoms with Crippen LogP contribution in [0, 0.1) is 5.92 Å². The Balaban J connectivity index is 3.70. The van der Waals surface area contributed by atoms with Crippen molar-refractivity contribution in [2.75, 3.05) is 6.54 Å². The first-order chi connectivity index (χ1) is 8.70.